The highest BCUT2D eigenvalue weighted by Gasteiger charge is 2.13. The highest BCUT2D eigenvalue weighted by Crippen LogP contribution is 2.17. The minimum Gasteiger partial charge on any atom is -0.352 e. The van der Waals surface area contributed by atoms with Gasteiger partial charge in [0.2, 0.25) is 5.91 Å². The van der Waals surface area contributed by atoms with Crippen molar-refractivity contribution in [2.75, 3.05) is 0 Å². The predicted octanol–water partition coefficient (Wildman–Crippen LogP) is 1.34. The molecule has 0 heterocycles. The van der Waals surface area contributed by atoms with Crippen molar-refractivity contribution in [3.05, 3.63) is 39.9 Å². The van der Waals surface area contributed by atoms with Crippen molar-refractivity contribution in [1.82, 2.24) is 5.32 Å². The predicted molar refractivity (Wildman–Crippen MR) is 67.8 cm³/mol. The summed E-state index contributed by atoms with van der Waals surface area (Å²) in [4.78, 5) is 21.8. The molecule has 1 aromatic carbocycles. The van der Waals surface area contributed by atoms with Crippen LogP contribution in [-0.2, 0) is 11.3 Å². The van der Waals surface area contributed by atoms with Crippen LogP contribution in [0, 0.1) is 10.1 Å². The molecule has 0 spiro atoms. The first-order valence-corrected chi connectivity index (χ1v) is 5.79. The van der Waals surface area contributed by atoms with Crippen molar-refractivity contribution in [2.45, 2.75) is 32.4 Å². The van der Waals surface area contributed by atoms with Crippen molar-refractivity contribution in [2.24, 2.45) is 5.73 Å². The molecule has 0 bridgehead atoms. The standard InChI is InChI=1S/C12H17N3O3/c1-2-10(13)7-12(16)14-8-9-5-3-4-6-11(9)15(17)18/h3-6,10H,2,7-8,13H2,1H3,(H,14,16). The number of carbonyl (C=O) groups excluding carboxylic acids is 1. The minimum atomic E-state index is -0.459. The Morgan fingerprint density at radius 3 is 2.78 bits per heavy atom. The van der Waals surface area contributed by atoms with E-state index in [4.69, 9.17) is 5.73 Å². The molecule has 3 N–H and O–H groups in total. The number of nitrogens with two attached hydrogens (primary N) is 1. The van der Waals surface area contributed by atoms with E-state index in [0.717, 1.165) is 6.42 Å². The van der Waals surface area contributed by atoms with Crippen LogP contribution in [0.2, 0.25) is 0 Å². The lowest BCUT2D eigenvalue weighted by molar-refractivity contribution is -0.385. The molecule has 0 saturated carbocycles. The van der Waals surface area contributed by atoms with Crippen molar-refractivity contribution >= 4 is 11.6 Å². The number of nitrogens with one attached hydrogen (secondary N) is 1. The van der Waals surface area contributed by atoms with E-state index in [-0.39, 0.29) is 30.6 Å². The Labute approximate surface area is 105 Å². The number of amides is 1. The van der Waals surface area contributed by atoms with Crippen LogP contribution in [-0.4, -0.2) is 16.9 Å². The fourth-order valence-corrected chi connectivity index (χ4v) is 1.49. The van der Waals surface area contributed by atoms with Crippen molar-refractivity contribution in [1.29, 1.82) is 0 Å². The largest absolute Gasteiger partial charge is 0.352 e. The Balaban J connectivity index is 2.58. The molecule has 0 fully saturated rings. The molecule has 0 aliphatic carbocycles. The van der Waals surface area contributed by atoms with Crippen LogP contribution in [0.3, 0.4) is 0 Å². The number of rotatable bonds is 6. The van der Waals surface area contributed by atoms with Gasteiger partial charge in [0.25, 0.3) is 5.69 Å². The third-order valence-corrected chi connectivity index (χ3v) is 2.64. The van der Waals surface area contributed by atoms with Crippen molar-refractivity contribution in [3.8, 4) is 0 Å². The van der Waals surface area contributed by atoms with E-state index in [2.05, 4.69) is 5.32 Å². The molecule has 1 aromatic rings. The zero-order valence-corrected chi connectivity index (χ0v) is 10.3. The lowest BCUT2D eigenvalue weighted by Gasteiger charge is -2.09. The third-order valence-electron chi connectivity index (χ3n) is 2.64. The Morgan fingerprint density at radius 2 is 2.17 bits per heavy atom. The van der Waals surface area contributed by atoms with Gasteiger partial charge in [0.15, 0.2) is 0 Å². The molecular weight excluding hydrogens is 234 g/mol. The van der Waals surface area contributed by atoms with Crippen molar-refractivity contribution < 1.29 is 9.72 Å². The Hall–Kier alpha value is -1.95. The molecule has 0 aliphatic heterocycles. The number of para-hydroxylation sites is 1. The van der Waals surface area contributed by atoms with Crippen LogP contribution in [0.25, 0.3) is 0 Å². The van der Waals surface area contributed by atoms with E-state index in [1.54, 1.807) is 18.2 Å². The van der Waals surface area contributed by atoms with E-state index in [1.807, 2.05) is 6.92 Å². The molecule has 0 aromatic heterocycles. The van der Waals surface area contributed by atoms with Crippen LogP contribution in [0.15, 0.2) is 24.3 Å². The zero-order chi connectivity index (χ0) is 13.5. The SMILES string of the molecule is CCC(N)CC(=O)NCc1ccccc1[N+](=O)[O-]. The molecule has 6 nitrogen and oxygen atoms in total. The van der Waals surface area contributed by atoms with E-state index >= 15 is 0 Å². The summed E-state index contributed by atoms with van der Waals surface area (Å²) in [6.45, 7) is 2.05. The van der Waals surface area contributed by atoms with Gasteiger partial charge in [-0.25, -0.2) is 0 Å². The highest BCUT2D eigenvalue weighted by molar-refractivity contribution is 5.76. The van der Waals surface area contributed by atoms with E-state index < -0.39 is 4.92 Å². The first kappa shape index (κ1) is 14.1. The van der Waals surface area contributed by atoms with Gasteiger partial charge in [-0.15, -0.1) is 0 Å². The summed E-state index contributed by atoms with van der Waals surface area (Å²) >= 11 is 0. The maximum atomic E-state index is 11.5. The average Bonchev–Trinajstić information content (AvgIpc) is 2.36. The maximum absolute atomic E-state index is 11.5. The monoisotopic (exact) mass is 251 g/mol. The second-order valence-electron chi connectivity index (χ2n) is 4.04. The van der Waals surface area contributed by atoms with E-state index in [9.17, 15) is 14.9 Å². The molecule has 0 radical (unpaired) electrons. The Kier molecular flexibility index (Phi) is 5.26. The van der Waals surface area contributed by atoms with Crippen LogP contribution in [0.5, 0.6) is 0 Å². The summed E-state index contributed by atoms with van der Waals surface area (Å²) in [6, 6.07) is 6.16. The number of nitro groups is 1. The lowest BCUT2D eigenvalue weighted by Crippen LogP contribution is -2.31. The van der Waals surface area contributed by atoms with Gasteiger partial charge in [-0.3, -0.25) is 14.9 Å². The fraction of sp³-hybridized carbons (Fsp3) is 0.417. The average molecular weight is 251 g/mol. The van der Waals surface area contributed by atoms with Crippen LogP contribution in [0.4, 0.5) is 5.69 Å². The van der Waals surface area contributed by atoms with Crippen molar-refractivity contribution in [3.63, 3.8) is 0 Å². The van der Waals surface area contributed by atoms with Gasteiger partial charge in [0, 0.05) is 30.6 Å². The topological polar surface area (TPSA) is 98.3 Å². The first-order valence-electron chi connectivity index (χ1n) is 5.79. The van der Waals surface area contributed by atoms with Gasteiger partial charge in [-0.2, -0.15) is 0 Å². The molecule has 1 atom stereocenters. The van der Waals surface area contributed by atoms with Gasteiger partial charge in [0.05, 0.1) is 4.92 Å². The Morgan fingerprint density at radius 1 is 1.50 bits per heavy atom. The second-order valence-corrected chi connectivity index (χ2v) is 4.04. The summed E-state index contributed by atoms with van der Waals surface area (Å²) in [5.74, 6) is -0.192. The summed E-state index contributed by atoms with van der Waals surface area (Å²) in [7, 11) is 0. The third kappa shape index (κ3) is 4.14. The van der Waals surface area contributed by atoms with E-state index in [1.165, 1.54) is 6.07 Å². The van der Waals surface area contributed by atoms with Crippen LogP contribution < -0.4 is 11.1 Å². The summed E-state index contributed by atoms with van der Waals surface area (Å²) in [5.41, 5.74) is 6.15. The molecule has 18 heavy (non-hydrogen) atoms. The van der Waals surface area contributed by atoms with Gasteiger partial charge < -0.3 is 11.1 Å². The molecule has 1 amide bonds. The Bertz CT molecular complexity index is 434. The second kappa shape index (κ2) is 6.70. The molecule has 98 valence electrons. The number of benzene rings is 1. The molecule has 1 unspecified atom stereocenters. The summed E-state index contributed by atoms with van der Waals surface area (Å²) < 4.78 is 0. The molecule has 0 aliphatic rings. The van der Waals surface area contributed by atoms with Gasteiger partial charge >= 0.3 is 0 Å². The minimum absolute atomic E-state index is 0.0117. The number of nitro benzene ring substituents is 1. The number of carbonyl (C=O) groups is 1. The number of hydrogen-bond acceptors (Lipinski definition) is 4. The molecule has 1 rings (SSSR count). The lowest BCUT2D eigenvalue weighted by atomic mass is 10.1. The van der Waals surface area contributed by atoms with Gasteiger partial charge in [-0.05, 0) is 6.42 Å². The molecular formula is C12H17N3O3. The van der Waals surface area contributed by atoms with Gasteiger partial charge in [0.1, 0.15) is 0 Å². The quantitative estimate of drug-likeness (QED) is 0.588. The van der Waals surface area contributed by atoms with E-state index in [0.29, 0.717) is 5.56 Å². The molecule has 6 heteroatoms. The number of hydrogen-bond donors (Lipinski definition) is 2. The molecule has 0 saturated heterocycles. The van der Waals surface area contributed by atoms with Crippen LogP contribution in [0.1, 0.15) is 25.3 Å². The highest BCUT2D eigenvalue weighted by atomic mass is 16.6. The van der Waals surface area contributed by atoms with Crippen LogP contribution >= 0.6 is 0 Å². The smallest absolute Gasteiger partial charge is 0.274 e. The number of nitrogens with zero attached hydrogens (tertiary/aromatic N) is 1. The summed E-state index contributed by atoms with van der Waals surface area (Å²) in [6.07, 6.45) is 0.954. The summed E-state index contributed by atoms with van der Waals surface area (Å²) in [5, 5.41) is 13.4. The normalized spacial score (nSPS) is 11.9. The first-order chi connectivity index (χ1) is 8.54. The fourth-order valence-electron chi connectivity index (χ4n) is 1.49. The van der Waals surface area contributed by atoms with Gasteiger partial charge in [-0.1, -0.05) is 25.1 Å². The maximum Gasteiger partial charge on any atom is 0.274 e. The zero-order valence-electron chi connectivity index (χ0n) is 10.3.